The molecule has 1 rings (SSSR count). The van der Waals surface area contributed by atoms with Crippen LogP contribution in [0.2, 0.25) is 0 Å². The van der Waals surface area contributed by atoms with Gasteiger partial charge in [0.1, 0.15) is 0 Å². The van der Waals surface area contributed by atoms with E-state index in [0.29, 0.717) is 26.1 Å². The Morgan fingerprint density at radius 3 is 2.47 bits per heavy atom. The number of aryl methyl sites for hydroxylation is 1. The molecule has 0 heterocycles. The van der Waals surface area contributed by atoms with Crippen molar-refractivity contribution >= 4 is 10.2 Å². The molecule has 3 N–H and O–H groups in total. The minimum atomic E-state index is -3.43. The molecule has 0 aliphatic heterocycles. The van der Waals surface area contributed by atoms with Crippen LogP contribution in [0.3, 0.4) is 0 Å². The molecule has 1 aromatic rings. The Hall–Kier alpha value is -0.950. The predicted octanol–water partition coefficient (Wildman–Crippen LogP) is 0.864. The van der Waals surface area contributed by atoms with Crippen LogP contribution in [0, 0.1) is 0 Å². The maximum Gasteiger partial charge on any atom is 0.279 e. The van der Waals surface area contributed by atoms with Crippen LogP contribution in [0.25, 0.3) is 0 Å². The van der Waals surface area contributed by atoms with Gasteiger partial charge in [-0.05, 0) is 30.5 Å². The normalized spacial score (nSPS) is 12.0. The highest BCUT2D eigenvalue weighted by atomic mass is 32.2. The molecule has 108 valence electrons. The number of nitrogens with two attached hydrogens (primary N) is 1. The van der Waals surface area contributed by atoms with Crippen LogP contribution in [0.4, 0.5) is 0 Å². The number of benzene rings is 1. The predicted molar refractivity (Wildman–Crippen MR) is 77.9 cm³/mol. The SMILES string of the molecule is CCc1ccccc1CNS(=O)(=O)N(C)CCCN. The Balaban J connectivity index is 2.64. The molecule has 0 aromatic heterocycles. The van der Waals surface area contributed by atoms with E-state index < -0.39 is 10.2 Å². The van der Waals surface area contributed by atoms with E-state index in [-0.39, 0.29) is 0 Å². The third kappa shape index (κ3) is 4.91. The molecule has 6 heteroatoms. The van der Waals surface area contributed by atoms with Crippen molar-refractivity contribution in [3.8, 4) is 0 Å². The molecule has 0 amide bonds. The number of hydrogen-bond acceptors (Lipinski definition) is 3. The lowest BCUT2D eigenvalue weighted by atomic mass is 10.1. The van der Waals surface area contributed by atoms with Crippen molar-refractivity contribution in [2.75, 3.05) is 20.1 Å². The highest BCUT2D eigenvalue weighted by Gasteiger charge is 2.16. The summed E-state index contributed by atoms with van der Waals surface area (Å²) in [5.74, 6) is 0. The molecule has 19 heavy (non-hydrogen) atoms. The molecular weight excluding hydrogens is 262 g/mol. The largest absolute Gasteiger partial charge is 0.330 e. The van der Waals surface area contributed by atoms with E-state index in [1.165, 1.54) is 4.31 Å². The second-order valence-corrected chi connectivity index (χ2v) is 6.27. The molecular formula is C13H23N3O2S. The van der Waals surface area contributed by atoms with Crippen LogP contribution in [0.15, 0.2) is 24.3 Å². The van der Waals surface area contributed by atoms with Crippen molar-refractivity contribution in [1.29, 1.82) is 0 Å². The molecule has 0 spiro atoms. The number of nitrogens with zero attached hydrogens (tertiary/aromatic N) is 1. The third-order valence-corrected chi connectivity index (χ3v) is 4.54. The van der Waals surface area contributed by atoms with E-state index in [9.17, 15) is 8.42 Å². The Morgan fingerprint density at radius 2 is 1.89 bits per heavy atom. The zero-order chi connectivity index (χ0) is 14.3. The van der Waals surface area contributed by atoms with Gasteiger partial charge in [0.25, 0.3) is 10.2 Å². The van der Waals surface area contributed by atoms with E-state index >= 15 is 0 Å². The van der Waals surface area contributed by atoms with Gasteiger partial charge >= 0.3 is 0 Å². The van der Waals surface area contributed by atoms with Gasteiger partial charge in [0, 0.05) is 20.1 Å². The first-order chi connectivity index (χ1) is 9.01. The van der Waals surface area contributed by atoms with Crippen LogP contribution in [0.1, 0.15) is 24.5 Å². The lowest BCUT2D eigenvalue weighted by Gasteiger charge is -2.18. The third-order valence-electron chi connectivity index (χ3n) is 3.03. The summed E-state index contributed by atoms with van der Waals surface area (Å²) in [4.78, 5) is 0. The van der Waals surface area contributed by atoms with Gasteiger partial charge in [-0.25, -0.2) is 0 Å². The molecule has 0 saturated carbocycles. The van der Waals surface area contributed by atoms with E-state index in [2.05, 4.69) is 11.6 Å². The van der Waals surface area contributed by atoms with Crippen molar-refractivity contribution in [3.05, 3.63) is 35.4 Å². The number of nitrogens with one attached hydrogen (secondary N) is 1. The first-order valence-corrected chi connectivity index (χ1v) is 7.93. The van der Waals surface area contributed by atoms with Gasteiger partial charge < -0.3 is 5.73 Å². The van der Waals surface area contributed by atoms with Gasteiger partial charge in [-0.15, -0.1) is 0 Å². The van der Waals surface area contributed by atoms with Crippen LogP contribution in [0.5, 0.6) is 0 Å². The fourth-order valence-electron chi connectivity index (χ4n) is 1.79. The van der Waals surface area contributed by atoms with Crippen LogP contribution < -0.4 is 10.5 Å². The highest BCUT2D eigenvalue weighted by Crippen LogP contribution is 2.09. The van der Waals surface area contributed by atoms with Gasteiger partial charge in [-0.1, -0.05) is 31.2 Å². The summed E-state index contributed by atoms with van der Waals surface area (Å²) in [5, 5.41) is 0. The molecule has 1 aromatic carbocycles. The van der Waals surface area contributed by atoms with E-state index in [0.717, 1.165) is 17.5 Å². The van der Waals surface area contributed by atoms with Gasteiger partial charge in [0.15, 0.2) is 0 Å². The molecule has 0 aliphatic carbocycles. The van der Waals surface area contributed by atoms with Gasteiger partial charge in [-0.2, -0.15) is 17.4 Å². The van der Waals surface area contributed by atoms with Crippen LogP contribution in [-0.4, -0.2) is 32.9 Å². The summed E-state index contributed by atoms with van der Waals surface area (Å²) >= 11 is 0. The number of hydrogen-bond donors (Lipinski definition) is 2. The second kappa shape index (κ2) is 7.59. The number of rotatable bonds is 8. The molecule has 0 saturated heterocycles. The fourth-order valence-corrected chi connectivity index (χ4v) is 2.72. The molecule has 0 aliphatic rings. The maximum absolute atomic E-state index is 12.0. The standard InChI is InChI=1S/C13H23N3O2S/c1-3-12-7-4-5-8-13(12)11-15-19(17,18)16(2)10-6-9-14/h4-5,7-8,15H,3,6,9-11,14H2,1-2H3. The van der Waals surface area contributed by atoms with E-state index in [4.69, 9.17) is 5.73 Å². The second-order valence-electron chi connectivity index (χ2n) is 4.41. The van der Waals surface area contributed by atoms with Crippen molar-refractivity contribution in [2.24, 2.45) is 5.73 Å². The molecule has 0 unspecified atom stereocenters. The summed E-state index contributed by atoms with van der Waals surface area (Å²) in [6, 6.07) is 7.84. The summed E-state index contributed by atoms with van der Waals surface area (Å²) in [6.45, 7) is 3.29. The molecule has 0 bridgehead atoms. The summed E-state index contributed by atoms with van der Waals surface area (Å²) in [7, 11) is -1.87. The Kier molecular flexibility index (Phi) is 6.44. The van der Waals surface area contributed by atoms with Crippen molar-refractivity contribution < 1.29 is 8.42 Å². The molecule has 0 atom stereocenters. The molecule has 0 radical (unpaired) electrons. The zero-order valence-corrected chi connectivity index (χ0v) is 12.4. The minimum Gasteiger partial charge on any atom is -0.330 e. The monoisotopic (exact) mass is 285 g/mol. The Bertz CT molecular complexity index is 488. The maximum atomic E-state index is 12.0. The zero-order valence-electron chi connectivity index (χ0n) is 11.6. The summed E-state index contributed by atoms with van der Waals surface area (Å²) in [6.07, 6.45) is 1.55. The van der Waals surface area contributed by atoms with Crippen LogP contribution in [-0.2, 0) is 23.2 Å². The quantitative estimate of drug-likeness (QED) is 0.744. The smallest absolute Gasteiger partial charge is 0.279 e. The molecule has 0 fully saturated rings. The van der Waals surface area contributed by atoms with Gasteiger partial charge in [0.2, 0.25) is 0 Å². The van der Waals surface area contributed by atoms with Gasteiger partial charge in [-0.3, -0.25) is 0 Å². The van der Waals surface area contributed by atoms with Gasteiger partial charge in [0.05, 0.1) is 0 Å². The average Bonchev–Trinajstić information content (AvgIpc) is 2.42. The van der Waals surface area contributed by atoms with E-state index in [1.54, 1.807) is 7.05 Å². The summed E-state index contributed by atoms with van der Waals surface area (Å²) in [5.41, 5.74) is 7.56. The minimum absolute atomic E-state index is 0.319. The van der Waals surface area contributed by atoms with Crippen molar-refractivity contribution in [3.63, 3.8) is 0 Å². The summed E-state index contributed by atoms with van der Waals surface area (Å²) < 4.78 is 27.9. The van der Waals surface area contributed by atoms with Crippen LogP contribution >= 0.6 is 0 Å². The van der Waals surface area contributed by atoms with Crippen molar-refractivity contribution in [1.82, 2.24) is 9.03 Å². The fraction of sp³-hybridized carbons (Fsp3) is 0.538. The van der Waals surface area contributed by atoms with Crippen molar-refractivity contribution in [2.45, 2.75) is 26.3 Å². The Labute approximate surface area is 116 Å². The first-order valence-electron chi connectivity index (χ1n) is 6.49. The lowest BCUT2D eigenvalue weighted by molar-refractivity contribution is 0.452. The highest BCUT2D eigenvalue weighted by molar-refractivity contribution is 7.87. The first kappa shape index (κ1) is 16.1. The Morgan fingerprint density at radius 1 is 1.26 bits per heavy atom. The lowest BCUT2D eigenvalue weighted by Crippen LogP contribution is -2.38. The molecule has 5 nitrogen and oxygen atoms in total. The van der Waals surface area contributed by atoms with E-state index in [1.807, 2.05) is 24.3 Å². The average molecular weight is 285 g/mol. The topological polar surface area (TPSA) is 75.4 Å².